The number of nitrogens with one attached hydrogen (secondary N) is 1. The van der Waals surface area contributed by atoms with Gasteiger partial charge in [0, 0.05) is 11.6 Å². The first kappa shape index (κ1) is 16.5. The van der Waals surface area contributed by atoms with Crippen molar-refractivity contribution in [3.8, 4) is 0 Å². The van der Waals surface area contributed by atoms with Crippen molar-refractivity contribution in [2.24, 2.45) is 0 Å². The van der Waals surface area contributed by atoms with E-state index in [4.69, 9.17) is 0 Å². The van der Waals surface area contributed by atoms with E-state index in [1.165, 1.54) is 11.8 Å². The summed E-state index contributed by atoms with van der Waals surface area (Å²) in [5.41, 5.74) is 3.20. The second-order valence-corrected chi connectivity index (χ2v) is 6.32. The van der Waals surface area contributed by atoms with Crippen molar-refractivity contribution in [2.75, 3.05) is 11.6 Å². The molecule has 0 aliphatic carbocycles. The molecular weight excluding hydrogens is 294 g/mol. The van der Waals surface area contributed by atoms with Gasteiger partial charge < -0.3 is 5.32 Å². The van der Waals surface area contributed by atoms with Crippen LogP contribution in [0.3, 0.4) is 0 Å². The number of thioether (sulfide) groups is 1. The first-order valence-electron chi connectivity index (χ1n) is 7.23. The number of aromatic nitrogens is 2. The summed E-state index contributed by atoms with van der Waals surface area (Å²) in [7, 11) is 0. The molecule has 0 saturated heterocycles. The lowest BCUT2D eigenvalue weighted by atomic mass is 10.1. The molecule has 0 aliphatic rings. The Morgan fingerprint density at radius 1 is 1.14 bits per heavy atom. The number of anilines is 1. The number of hydrogen-bond acceptors (Lipinski definition) is 4. The van der Waals surface area contributed by atoms with Crippen LogP contribution in [0.4, 0.5) is 5.69 Å². The molecule has 1 aromatic carbocycles. The quantitative estimate of drug-likeness (QED) is 0.679. The van der Waals surface area contributed by atoms with Crippen LogP contribution in [0.2, 0.25) is 0 Å². The van der Waals surface area contributed by atoms with Crippen molar-refractivity contribution in [1.82, 2.24) is 9.97 Å². The lowest BCUT2D eigenvalue weighted by molar-refractivity contribution is 0.102. The Labute approximate surface area is 135 Å². The predicted octanol–water partition coefficient (Wildman–Crippen LogP) is 4.19. The highest BCUT2D eigenvalue weighted by molar-refractivity contribution is 7.98. The standard InChI is InChI=1S/C17H21N3OS/c1-10(2)15-18-12(4)14(17(20-15)22-5)16(21)19-13-8-6-11(3)7-9-13/h6-10H,1-5H3,(H,19,21). The molecule has 0 radical (unpaired) electrons. The topological polar surface area (TPSA) is 54.9 Å². The number of carbonyl (C=O) groups is 1. The van der Waals surface area contributed by atoms with Gasteiger partial charge in [-0.2, -0.15) is 0 Å². The van der Waals surface area contributed by atoms with Crippen LogP contribution in [-0.4, -0.2) is 22.1 Å². The molecule has 2 rings (SSSR count). The lowest BCUT2D eigenvalue weighted by Gasteiger charge is -2.13. The Morgan fingerprint density at radius 3 is 2.32 bits per heavy atom. The summed E-state index contributed by atoms with van der Waals surface area (Å²) in [4.78, 5) is 21.6. The minimum atomic E-state index is -0.166. The molecule has 116 valence electrons. The number of rotatable bonds is 4. The van der Waals surface area contributed by atoms with Crippen LogP contribution in [-0.2, 0) is 0 Å². The molecule has 0 bridgehead atoms. The summed E-state index contributed by atoms with van der Waals surface area (Å²) >= 11 is 1.47. The number of carbonyl (C=O) groups excluding carboxylic acids is 1. The summed E-state index contributed by atoms with van der Waals surface area (Å²) in [5, 5.41) is 3.64. The zero-order valence-electron chi connectivity index (χ0n) is 13.6. The van der Waals surface area contributed by atoms with Gasteiger partial charge in [-0.05, 0) is 32.2 Å². The summed E-state index contributed by atoms with van der Waals surface area (Å²) < 4.78 is 0. The van der Waals surface area contributed by atoms with Crippen molar-refractivity contribution in [2.45, 2.75) is 38.6 Å². The first-order chi connectivity index (χ1) is 10.4. The van der Waals surface area contributed by atoms with Crippen molar-refractivity contribution in [1.29, 1.82) is 0 Å². The summed E-state index contributed by atoms with van der Waals surface area (Å²) in [5.74, 6) is 0.841. The average Bonchev–Trinajstić information content (AvgIpc) is 2.48. The van der Waals surface area contributed by atoms with Crippen LogP contribution in [0.1, 0.15) is 47.2 Å². The highest BCUT2D eigenvalue weighted by Gasteiger charge is 2.19. The third-order valence-electron chi connectivity index (χ3n) is 3.32. The van der Waals surface area contributed by atoms with E-state index < -0.39 is 0 Å². The van der Waals surface area contributed by atoms with Gasteiger partial charge in [-0.1, -0.05) is 31.5 Å². The fourth-order valence-corrected chi connectivity index (χ4v) is 2.69. The molecule has 0 atom stereocenters. The molecule has 0 aliphatic heterocycles. The highest BCUT2D eigenvalue weighted by atomic mass is 32.2. The molecule has 0 unspecified atom stereocenters. The zero-order chi connectivity index (χ0) is 16.3. The number of nitrogens with zero attached hydrogens (tertiary/aromatic N) is 2. The van der Waals surface area contributed by atoms with Gasteiger partial charge in [0.25, 0.3) is 5.91 Å². The van der Waals surface area contributed by atoms with Crippen molar-refractivity contribution in [3.63, 3.8) is 0 Å². The normalized spacial score (nSPS) is 10.8. The Bertz CT molecular complexity index is 681. The van der Waals surface area contributed by atoms with E-state index in [2.05, 4.69) is 15.3 Å². The average molecular weight is 315 g/mol. The molecule has 0 saturated carbocycles. The van der Waals surface area contributed by atoms with Crippen molar-refractivity contribution >= 4 is 23.4 Å². The van der Waals surface area contributed by atoms with E-state index >= 15 is 0 Å². The van der Waals surface area contributed by atoms with Gasteiger partial charge in [0.2, 0.25) is 0 Å². The lowest BCUT2D eigenvalue weighted by Crippen LogP contribution is -2.17. The van der Waals surface area contributed by atoms with E-state index in [0.717, 1.165) is 22.1 Å². The maximum atomic E-state index is 12.6. The summed E-state index contributed by atoms with van der Waals surface area (Å²) in [6, 6.07) is 7.72. The Balaban J connectivity index is 2.34. The molecule has 0 spiro atoms. The fraction of sp³-hybridized carbons (Fsp3) is 0.353. The second kappa shape index (κ2) is 6.92. The van der Waals surface area contributed by atoms with Gasteiger partial charge in [0.05, 0.1) is 11.3 Å². The van der Waals surface area contributed by atoms with Crippen LogP contribution in [0.25, 0.3) is 0 Å². The maximum Gasteiger partial charge on any atom is 0.260 e. The van der Waals surface area contributed by atoms with Crippen LogP contribution in [0, 0.1) is 13.8 Å². The minimum absolute atomic E-state index is 0.166. The van der Waals surface area contributed by atoms with Crippen LogP contribution in [0.15, 0.2) is 29.3 Å². The summed E-state index contributed by atoms with van der Waals surface area (Å²) in [6.45, 7) is 7.97. The maximum absolute atomic E-state index is 12.6. The molecule has 5 heteroatoms. The first-order valence-corrected chi connectivity index (χ1v) is 8.45. The fourth-order valence-electron chi connectivity index (χ4n) is 2.07. The summed E-state index contributed by atoms with van der Waals surface area (Å²) in [6.07, 6.45) is 1.93. The molecule has 22 heavy (non-hydrogen) atoms. The highest BCUT2D eigenvalue weighted by Crippen LogP contribution is 2.24. The van der Waals surface area contributed by atoms with E-state index in [1.807, 2.05) is 58.2 Å². The molecule has 1 amide bonds. The van der Waals surface area contributed by atoms with E-state index in [-0.39, 0.29) is 11.8 Å². The molecule has 1 heterocycles. The Morgan fingerprint density at radius 2 is 1.77 bits per heavy atom. The molecule has 2 aromatic rings. The van der Waals surface area contributed by atoms with Gasteiger partial charge in [-0.3, -0.25) is 4.79 Å². The third-order valence-corrected chi connectivity index (χ3v) is 4.00. The van der Waals surface area contributed by atoms with Crippen LogP contribution >= 0.6 is 11.8 Å². The molecular formula is C17H21N3OS. The minimum Gasteiger partial charge on any atom is -0.322 e. The molecule has 4 nitrogen and oxygen atoms in total. The second-order valence-electron chi connectivity index (χ2n) is 5.53. The van der Waals surface area contributed by atoms with E-state index in [1.54, 1.807) is 0 Å². The van der Waals surface area contributed by atoms with Crippen LogP contribution < -0.4 is 5.32 Å². The smallest absolute Gasteiger partial charge is 0.260 e. The number of amides is 1. The van der Waals surface area contributed by atoms with Crippen molar-refractivity contribution < 1.29 is 4.79 Å². The molecule has 0 fully saturated rings. The number of hydrogen-bond donors (Lipinski definition) is 1. The van der Waals surface area contributed by atoms with Gasteiger partial charge >= 0.3 is 0 Å². The Kier molecular flexibility index (Phi) is 5.19. The largest absolute Gasteiger partial charge is 0.322 e. The van der Waals surface area contributed by atoms with E-state index in [0.29, 0.717) is 11.3 Å². The Hall–Kier alpha value is -1.88. The number of aryl methyl sites for hydroxylation is 2. The predicted molar refractivity (Wildman–Crippen MR) is 91.8 cm³/mol. The van der Waals surface area contributed by atoms with Crippen LogP contribution in [0.5, 0.6) is 0 Å². The van der Waals surface area contributed by atoms with Gasteiger partial charge in [0.1, 0.15) is 10.9 Å². The number of benzene rings is 1. The van der Waals surface area contributed by atoms with E-state index in [9.17, 15) is 4.79 Å². The van der Waals surface area contributed by atoms with Gasteiger partial charge in [-0.25, -0.2) is 9.97 Å². The monoisotopic (exact) mass is 315 g/mol. The molecule has 1 aromatic heterocycles. The van der Waals surface area contributed by atoms with Crippen molar-refractivity contribution in [3.05, 3.63) is 46.9 Å². The van der Waals surface area contributed by atoms with Gasteiger partial charge in [0.15, 0.2) is 0 Å². The molecule has 1 N–H and O–H groups in total. The van der Waals surface area contributed by atoms with Gasteiger partial charge in [-0.15, -0.1) is 11.8 Å². The zero-order valence-corrected chi connectivity index (χ0v) is 14.4. The third kappa shape index (κ3) is 3.65. The SMILES string of the molecule is CSc1nc(C(C)C)nc(C)c1C(=O)Nc1ccc(C)cc1.